The van der Waals surface area contributed by atoms with Crippen molar-refractivity contribution in [3.05, 3.63) is 69.2 Å². The van der Waals surface area contributed by atoms with Crippen molar-refractivity contribution in [3.63, 3.8) is 0 Å². The van der Waals surface area contributed by atoms with Gasteiger partial charge in [-0.05, 0) is 48.2 Å². The second-order valence-electron chi connectivity index (χ2n) is 8.50. The van der Waals surface area contributed by atoms with E-state index in [0.717, 1.165) is 16.9 Å². The molecule has 14 heteroatoms. The van der Waals surface area contributed by atoms with Crippen LogP contribution in [0.4, 0.5) is 27.1 Å². The van der Waals surface area contributed by atoms with Crippen LogP contribution in [0, 0.1) is 11.6 Å². The van der Waals surface area contributed by atoms with E-state index in [0.29, 0.717) is 22.7 Å². The Hall–Kier alpha value is -3.13. The van der Waals surface area contributed by atoms with Gasteiger partial charge in [0, 0.05) is 12.0 Å². The first-order chi connectivity index (χ1) is 16.8. The third-order valence-corrected chi connectivity index (χ3v) is 8.15. The van der Waals surface area contributed by atoms with Gasteiger partial charge in [0.05, 0.1) is 16.0 Å². The number of halogens is 5. The molecular formula is C22H19F5N4O3S2. The zero-order valence-corrected chi connectivity index (χ0v) is 20.4. The van der Waals surface area contributed by atoms with Crippen LogP contribution >= 0.6 is 11.3 Å². The summed E-state index contributed by atoms with van der Waals surface area (Å²) in [5, 5.41) is 11.0. The Morgan fingerprint density at radius 2 is 1.75 bits per heavy atom. The quantitative estimate of drug-likeness (QED) is 0.438. The van der Waals surface area contributed by atoms with Gasteiger partial charge in [0.15, 0.2) is 11.6 Å². The summed E-state index contributed by atoms with van der Waals surface area (Å²) >= 11 is 1.12. The highest BCUT2D eigenvalue weighted by atomic mass is 32.2. The first kappa shape index (κ1) is 25.9. The van der Waals surface area contributed by atoms with E-state index in [1.54, 1.807) is 6.07 Å². The van der Waals surface area contributed by atoms with E-state index in [4.69, 9.17) is 0 Å². The van der Waals surface area contributed by atoms with Crippen LogP contribution in [0.25, 0.3) is 0 Å². The number of aromatic nitrogens is 2. The highest BCUT2D eigenvalue weighted by molar-refractivity contribution is 7.93. The summed E-state index contributed by atoms with van der Waals surface area (Å²) in [6, 6.07) is 4.69. The van der Waals surface area contributed by atoms with E-state index < -0.39 is 50.9 Å². The number of amides is 1. The molecule has 1 aliphatic carbocycles. The van der Waals surface area contributed by atoms with E-state index in [-0.39, 0.29) is 28.8 Å². The molecule has 3 aromatic rings. The van der Waals surface area contributed by atoms with Gasteiger partial charge in [0.2, 0.25) is 5.13 Å². The zero-order chi connectivity index (χ0) is 26.4. The number of sulfonamides is 1. The molecule has 36 heavy (non-hydrogen) atoms. The minimum Gasteiger partial charge on any atom is -0.349 e. The fraction of sp³-hybridized carbons (Fsp3) is 0.318. The third-order valence-electron chi connectivity index (χ3n) is 5.54. The van der Waals surface area contributed by atoms with Crippen molar-refractivity contribution in [2.24, 2.45) is 0 Å². The minimum absolute atomic E-state index is 0.0367. The van der Waals surface area contributed by atoms with Gasteiger partial charge < -0.3 is 5.32 Å². The van der Waals surface area contributed by atoms with Crippen LogP contribution in [-0.4, -0.2) is 30.6 Å². The molecule has 0 spiro atoms. The highest BCUT2D eigenvalue weighted by Gasteiger charge is 2.37. The Labute approximate surface area is 206 Å². The number of fused-ring (bicyclic) bond motifs is 1. The monoisotopic (exact) mass is 546 g/mol. The number of benzene rings is 2. The summed E-state index contributed by atoms with van der Waals surface area (Å²) in [5.41, 5.74) is -1.32. The fourth-order valence-corrected chi connectivity index (χ4v) is 5.78. The molecule has 2 N–H and O–H groups in total. The average molecular weight is 547 g/mol. The molecule has 1 heterocycles. The van der Waals surface area contributed by atoms with Gasteiger partial charge in [-0.1, -0.05) is 31.3 Å². The Bertz CT molecular complexity index is 1440. The van der Waals surface area contributed by atoms with Crippen LogP contribution < -0.4 is 10.0 Å². The van der Waals surface area contributed by atoms with Gasteiger partial charge in [-0.3, -0.25) is 9.52 Å². The average Bonchev–Trinajstić information content (AvgIpc) is 3.40. The van der Waals surface area contributed by atoms with Crippen molar-refractivity contribution in [2.45, 2.75) is 49.7 Å². The highest BCUT2D eigenvalue weighted by Crippen LogP contribution is 2.33. The molecule has 0 saturated carbocycles. The predicted molar refractivity (Wildman–Crippen MR) is 121 cm³/mol. The predicted octanol–water partition coefficient (Wildman–Crippen LogP) is 4.66. The molecule has 1 atom stereocenters. The molecule has 1 aliphatic rings. The first-order valence-electron chi connectivity index (χ1n) is 10.6. The van der Waals surface area contributed by atoms with Crippen molar-refractivity contribution >= 4 is 32.4 Å². The SMILES string of the molecule is CC(C)c1nnc(NS(=O)(=O)c2ccc3c(c2)CC(NC(=O)c2ccc(C(F)(F)F)c(F)c2F)C3)s1. The summed E-state index contributed by atoms with van der Waals surface area (Å²) in [4.78, 5) is 12.4. The lowest BCUT2D eigenvalue weighted by Crippen LogP contribution is -2.36. The maximum absolute atomic E-state index is 14.2. The van der Waals surface area contributed by atoms with Gasteiger partial charge in [-0.2, -0.15) is 13.2 Å². The van der Waals surface area contributed by atoms with E-state index in [2.05, 4.69) is 20.2 Å². The molecule has 1 amide bonds. The van der Waals surface area contributed by atoms with Gasteiger partial charge >= 0.3 is 6.18 Å². The summed E-state index contributed by atoms with van der Waals surface area (Å²) in [6.07, 6.45) is -4.65. The van der Waals surface area contributed by atoms with Crippen molar-refractivity contribution < 1.29 is 35.2 Å². The van der Waals surface area contributed by atoms with E-state index >= 15 is 0 Å². The van der Waals surface area contributed by atoms with Crippen molar-refractivity contribution in [1.29, 1.82) is 0 Å². The molecule has 0 bridgehead atoms. The second kappa shape index (κ2) is 9.39. The molecule has 2 aromatic carbocycles. The Morgan fingerprint density at radius 3 is 2.39 bits per heavy atom. The second-order valence-corrected chi connectivity index (χ2v) is 11.2. The fourth-order valence-electron chi connectivity index (χ4n) is 3.75. The maximum atomic E-state index is 14.2. The van der Waals surface area contributed by atoms with Crippen molar-refractivity contribution in [3.8, 4) is 0 Å². The van der Waals surface area contributed by atoms with E-state index in [1.807, 2.05) is 13.8 Å². The van der Waals surface area contributed by atoms with E-state index in [9.17, 15) is 35.2 Å². The summed E-state index contributed by atoms with van der Waals surface area (Å²) in [7, 11) is -3.97. The number of anilines is 1. The van der Waals surface area contributed by atoms with Crippen LogP contribution in [0.3, 0.4) is 0 Å². The summed E-state index contributed by atoms with van der Waals surface area (Å²) < 4.78 is 94.2. The van der Waals surface area contributed by atoms with Crippen LogP contribution in [0.15, 0.2) is 35.2 Å². The number of carbonyl (C=O) groups excluding carboxylic acids is 1. The molecule has 4 rings (SSSR count). The smallest absolute Gasteiger partial charge is 0.349 e. The van der Waals surface area contributed by atoms with Gasteiger partial charge in [-0.15, -0.1) is 10.2 Å². The minimum atomic E-state index is -5.10. The first-order valence-corrected chi connectivity index (χ1v) is 12.9. The van der Waals surface area contributed by atoms with E-state index in [1.165, 1.54) is 12.1 Å². The number of carbonyl (C=O) groups is 1. The molecular weight excluding hydrogens is 527 g/mol. The van der Waals surface area contributed by atoms with Crippen LogP contribution in [0.5, 0.6) is 0 Å². The lowest BCUT2D eigenvalue weighted by atomic mass is 10.1. The zero-order valence-electron chi connectivity index (χ0n) is 18.8. The Kier molecular flexibility index (Phi) is 6.77. The lowest BCUT2D eigenvalue weighted by Gasteiger charge is -2.14. The molecule has 0 aliphatic heterocycles. The largest absolute Gasteiger partial charge is 0.419 e. The molecule has 1 aromatic heterocycles. The summed E-state index contributed by atoms with van der Waals surface area (Å²) in [5.74, 6) is -5.04. The summed E-state index contributed by atoms with van der Waals surface area (Å²) in [6.45, 7) is 3.80. The Morgan fingerprint density at radius 1 is 1.06 bits per heavy atom. The molecule has 1 unspecified atom stereocenters. The van der Waals surface area contributed by atoms with Crippen LogP contribution in [0.1, 0.15) is 51.8 Å². The van der Waals surface area contributed by atoms with Gasteiger partial charge in [-0.25, -0.2) is 17.2 Å². The van der Waals surface area contributed by atoms with Crippen molar-refractivity contribution in [2.75, 3.05) is 4.72 Å². The number of hydrogen-bond acceptors (Lipinski definition) is 6. The van der Waals surface area contributed by atoms with Crippen LogP contribution in [-0.2, 0) is 29.0 Å². The van der Waals surface area contributed by atoms with Crippen molar-refractivity contribution in [1.82, 2.24) is 15.5 Å². The molecule has 7 nitrogen and oxygen atoms in total. The van der Waals surface area contributed by atoms with Gasteiger partial charge in [0.25, 0.3) is 15.9 Å². The number of rotatable bonds is 6. The number of nitrogens with one attached hydrogen (secondary N) is 2. The topological polar surface area (TPSA) is 101 Å². The lowest BCUT2D eigenvalue weighted by molar-refractivity contribution is -0.140. The Balaban J connectivity index is 1.47. The van der Waals surface area contributed by atoms with Crippen LogP contribution in [0.2, 0.25) is 0 Å². The van der Waals surface area contributed by atoms with Gasteiger partial charge in [0.1, 0.15) is 5.01 Å². The number of nitrogens with zero attached hydrogens (tertiary/aromatic N) is 2. The standard InChI is InChI=1S/C22H19F5N4O3S2/c1-10(2)20-29-30-21(35-20)31-36(33,34)14-4-3-11-7-13(8-12(11)9-14)28-19(32)15-5-6-16(22(25,26)27)18(24)17(15)23/h3-6,9-10,13H,7-8H2,1-2H3,(H,28,32)(H,30,31). The molecule has 0 saturated heterocycles. The number of alkyl halides is 3. The normalized spacial score (nSPS) is 15.7. The maximum Gasteiger partial charge on any atom is 0.419 e. The third kappa shape index (κ3) is 5.19. The molecule has 192 valence electrons. The molecule has 0 radical (unpaired) electrons. The molecule has 0 fully saturated rings. The number of hydrogen-bond donors (Lipinski definition) is 2.